The second-order valence-electron chi connectivity index (χ2n) is 4.31. The Balaban J connectivity index is 1.88. The van der Waals surface area contributed by atoms with Crippen LogP contribution in [0.1, 0.15) is 24.8 Å². The van der Waals surface area contributed by atoms with Crippen LogP contribution in [0.2, 0.25) is 0 Å². The van der Waals surface area contributed by atoms with E-state index in [0.29, 0.717) is 19.7 Å². The van der Waals surface area contributed by atoms with Crippen LogP contribution in [0.15, 0.2) is 17.5 Å². The van der Waals surface area contributed by atoms with Crippen molar-refractivity contribution >= 4 is 17.4 Å². The van der Waals surface area contributed by atoms with Crippen molar-refractivity contribution in [2.45, 2.75) is 26.0 Å². The highest BCUT2D eigenvalue weighted by Crippen LogP contribution is 2.18. The van der Waals surface area contributed by atoms with E-state index in [0.717, 1.165) is 0 Å². The molecule has 2 atom stereocenters. The summed E-state index contributed by atoms with van der Waals surface area (Å²) in [7, 11) is 0. The van der Waals surface area contributed by atoms with Crippen molar-refractivity contribution in [1.82, 2.24) is 10.2 Å². The molecule has 0 aromatic carbocycles. The molecule has 1 saturated heterocycles. The van der Waals surface area contributed by atoms with Gasteiger partial charge in [0.15, 0.2) is 0 Å². The topological polar surface area (TPSA) is 41.6 Å². The lowest BCUT2D eigenvalue weighted by molar-refractivity contribution is -0.00379. The molecule has 0 aliphatic carbocycles. The quantitative estimate of drug-likeness (QED) is 0.879. The summed E-state index contributed by atoms with van der Waals surface area (Å²) in [6, 6.07) is 4.11. The Kier molecular flexibility index (Phi) is 4.02. The number of thiophene rings is 1. The SMILES string of the molecule is C[C@@H]1CN(C(=O)N[C@@H](C)c2cccs2)CCO1. The molecule has 0 saturated carbocycles. The fraction of sp³-hybridized carbons (Fsp3) is 0.583. The fourth-order valence-electron chi connectivity index (χ4n) is 1.89. The lowest BCUT2D eigenvalue weighted by Crippen LogP contribution is -2.49. The van der Waals surface area contributed by atoms with Crippen molar-refractivity contribution in [1.29, 1.82) is 0 Å². The number of urea groups is 1. The number of morpholine rings is 1. The molecular weight excluding hydrogens is 236 g/mol. The molecule has 1 N–H and O–H groups in total. The van der Waals surface area contributed by atoms with Crippen LogP contribution in [0.4, 0.5) is 4.79 Å². The summed E-state index contributed by atoms with van der Waals surface area (Å²) in [5.41, 5.74) is 0. The smallest absolute Gasteiger partial charge is 0.318 e. The van der Waals surface area contributed by atoms with Gasteiger partial charge in [-0.25, -0.2) is 4.79 Å². The first kappa shape index (κ1) is 12.4. The first-order valence-corrected chi connectivity index (χ1v) is 6.75. The summed E-state index contributed by atoms with van der Waals surface area (Å²) in [4.78, 5) is 15.0. The minimum absolute atomic E-state index is 0.000972. The molecule has 2 heterocycles. The van der Waals surface area contributed by atoms with Gasteiger partial charge in [-0.15, -0.1) is 11.3 Å². The van der Waals surface area contributed by atoms with Crippen molar-refractivity contribution < 1.29 is 9.53 Å². The van der Waals surface area contributed by atoms with E-state index < -0.39 is 0 Å². The number of amides is 2. The van der Waals surface area contributed by atoms with Gasteiger partial charge >= 0.3 is 6.03 Å². The van der Waals surface area contributed by atoms with Crippen molar-refractivity contribution in [2.75, 3.05) is 19.7 Å². The maximum atomic E-state index is 12.0. The lowest BCUT2D eigenvalue weighted by atomic mass is 10.2. The van der Waals surface area contributed by atoms with Gasteiger partial charge in [0, 0.05) is 18.0 Å². The zero-order valence-corrected chi connectivity index (χ0v) is 11.0. The van der Waals surface area contributed by atoms with Gasteiger partial charge in [0.1, 0.15) is 0 Å². The third-order valence-corrected chi connectivity index (χ3v) is 3.89. The molecule has 2 amide bonds. The summed E-state index contributed by atoms with van der Waals surface area (Å²) >= 11 is 1.66. The first-order chi connectivity index (χ1) is 8.16. The third kappa shape index (κ3) is 3.20. The van der Waals surface area contributed by atoms with Gasteiger partial charge in [-0.05, 0) is 25.3 Å². The van der Waals surface area contributed by atoms with Crippen LogP contribution in [-0.4, -0.2) is 36.7 Å². The van der Waals surface area contributed by atoms with Crippen LogP contribution < -0.4 is 5.32 Å². The van der Waals surface area contributed by atoms with Gasteiger partial charge in [-0.2, -0.15) is 0 Å². The van der Waals surface area contributed by atoms with Crippen LogP contribution in [0, 0.1) is 0 Å². The average Bonchev–Trinajstić information content (AvgIpc) is 2.82. The molecule has 1 aliphatic rings. The number of ether oxygens (including phenoxy) is 1. The van der Waals surface area contributed by atoms with Crippen molar-refractivity contribution in [3.63, 3.8) is 0 Å². The molecule has 0 radical (unpaired) electrons. The van der Waals surface area contributed by atoms with Crippen molar-refractivity contribution in [3.05, 3.63) is 22.4 Å². The molecule has 1 aliphatic heterocycles. The number of hydrogen-bond acceptors (Lipinski definition) is 3. The van der Waals surface area contributed by atoms with E-state index in [1.54, 1.807) is 11.3 Å². The summed E-state index contributed by atoms with van der Waals surface area (Å²) in [5, 5.41) is 5.04. The Morgan fingerprint density at radius 1 is 1.71 bits per heavy atom. The van der Waals surface area contributed by atoms with E-state index in [1.165, 1.54) is 4.88 Å². The van der Waals surface area contributed by atoms with Crippen LogP contribution in [0.3, 0.4) is 0 Å². The number of rotatable bonds is 2. The van der Waals surface area contributed by atoms with Crippen molar-refractivity contribution in [2.24, 2.45) is 0 Å². The number of nitrogens with zero attached hydrogens (tertiary/aromatic N) is 1. The molecule has 0 bridgehead atoms. The van der Waals surface area contributed by atoms with Crippen LogP contribution in [0.25, 0.3) is 0 Å². The lowest BCUT2D eigenvalue weighted by Gasteiger charge is -2.32. The Morgan fingerprint density at radius 2 is 2.53 bits per heavy atom. The van der Waals surface area contributed by atoms with E-state index in [-0.39, 0.29) is 18.2 Å². The highest BCUT2D eigenvalue weighted by Gasteiger charge is 2.22. The number of carbonyl (C=O) groups is 1. The summed E-state index contributed by atoms with van der Waals surface area (Å²) in [6.07, 6.45) is 0.131. The predicted molar refractivity (Wildman–Crippen MR) is 68.3 cm³/mol. The highest BCUT2D eigenvalue weighted by atomic mass is 32.1. The molecule has 1 fully saturated rings. The monoisotopic (exact) mass is 254 g/mol. The molecule has 0 spiro atoms. The van der Waals surface area contributed by atoms with Crippen molar-refractivity contribution in [3.8, 4) is 0 Å². The second-order valence-corrected chi connectivity index (χ2v) is 5.29. The number of nitrogens with one attached hydrogen (secondary N) is 1. The Labute approximate surface area is 106 Å². The summed E-state index contributed by atoms with van der Waals surface area (Å²) in [5.74, 6) is 0. The minimum atomic E-state index is 0.000972. The Morgan fingerprint density at radius 3 is 3.18 bits per heavy atom. The number of hydrogen-bond donors (Lipinski definition) is 1. The minimum Gasteiger partial charge on any atom is -0.375 e. The molecule has 94 valence electrons. The molecule has 0 unspecified atom stereocenters. The molecule has 1 aromatic heterocycles. The van der Waals surface area contributed by atoms with E-state index in [9.17, 15) is 4.79 Å². The molecule has 4 nitrogen and oxygen atoms in total. The van der Waals surface area contributed by atoms with Gasteiger partial charge in [0.2, 0.25) is 0 Å². The standard InChI is InChI=1S/C12H18N2O2S/c1-9-8-14(5-6-16-9)12(15)13-10(2)11-4-3-7-17-11/h3-4,7,9-10H,5-6,8H2,1-2H3,(H,13,15)/t9-,10+/m1/s1. The van der Waals surface area contributed by atoms with E-state index in [2.05, 4.69) is 5.32 Å². The van der Waals surface area contributed by atoms with E-state index in [4.69, 9.17) is 4.74 Å². The zero-order valence-electron chi connectivity index (χ0n) is 10.2. The number of carbonyl (C=O) groups excluding carboxylic acids is 1. The van der Waals surface area contributed by atoms with E-state index in [1.807, 2.05) is 36.3 Å². The normalized spacial score (nSPS) is 22.2. The second kappa shape index (κ2) is 5.51. The van der Waals surface area contributed by atoms with Gasteiger partial charge in [-0.3, -0.25) is 0 Å². The first-order valence-electron chi connectivity index (χ1n) is 5.87. The molecule has 1 aromatic rings. The fourth-order valence-corrected chi connectivity index (χ4v) is 2.62. The molecule has 5 heteroatoms. The zero-order chi connectivity index (χ0) is 12.3. The largest absolute Gasteiger partial charge is 0.375 e. The summed E-state index contributed by atoms with van der Waals surface area (Å²) < 4.78 is 5.42. The Hall–Kier alpha value is -1.07. The van der Waals surface area contributed by atoms with Crippen LogP contribution >= 0.6 is 11.3 Å². The maximum Gasteiger partial charge on any atom is 0.318 e. The third-order valence-electron chi connectivity index (χ3n) is 2.84. The van der Waals surface area contributed by atoms with Gasteiger partial charge < -0.3 is 15.0 Å². The average molecular weight is 254 g/mol. The maximum absolute atomic E-state index is 12.0. The van der Waals surface area contributed by atoms with Gasteiger partial charge in [0.25, 0.3) is 0 Å². The summed E-state index contributed by atoms with van der Waals surface area (Å²) in [6.45, 7) is 5.97. The Bertz CT molecular complexity index is 367. The predicted octanol–water partition coefficient (Wildman–Crippen LogP) is 2.24. The van der Waals surface area contributed by atoms with Crippen LogP contribution in [0.5, 0.6) is 0 Å². The van der Waals surface area contributed by atoms with Gasteiger partial charge in [-0.1, -0.05) is 6.07 Å². The van der Waals surface area contributed by atoms with Crippen LogP contribution in [-0.2, 0) is 4.74 Å². The highest BCUT2D eigenvalue weighted by molar-refractivity contribution is 7.10. The molecule has 2 rings (SSSR count). The molecule has 17 heavy (non-hydrogen) atoms. The van der Waals surface area contributed by atoms with Gasteiger partial charge in [0.05, 0.1) is 18.8 Å². The molecular formula is C12H18N2O2S. The van der Waals surface area contributed by atoms with E-state index >= 15 is 0 Å².